The quantitative estimate of drug-likeness (QED) is 0.381. The van der Waals surface area contributed by atoms with Crippen molar-refractivity contribution in [1.29, 1.82) is 0 Å². The summed E-state index contributed by atoms with van der Waals surface area (Å²) in [7, 11) is 0. The molecule has 2 aliphatic carbocycles. The van der Waals surface area contributed by atoms with Gasteiger partial charge < -0.3 is 5.11 Å². The van der Waals surface area contributed by atoms with E-state index < -0.39 is 0 Å². The van der Waals surface area contributed by atoms with Crippen molar-refractivity contribution in [3.05, 3.63) is 0 Å². The number of hydrogen-bond acceptors (Lipinski definition) is 0. The van der Waals surface area contributed by atoms with Crippen LogP contribution >= 0.6 is 0 Å². The van der Waals surface area contributed by atoms with Crippen LogP contribution in [0.5, 0.6) is 0 Å². The van der Waals surface area contributed by atoms with E-state index in [0.29, 0.717) is 0 Å². The van der Waals surface area contributed by atoms with E-state index in [0.717, 1.165) is 37.1 Å². The Hall–Kier alpha value is -1.08. The van der Waals surface area contributed by atoms with Crippen LogP contribution in [0.3, 0.4) is 0 Å². The number of amidine groups is 1. The monoisotopic (exact) mass is 221 g/mol. The van der Waals surface area contributed by atoms with E-state index >= 15 is 0 Å². The van der Waals surface area contributed by atoms with Gasteiger partial charge in [0.2, 0.25) is 0 Å². The second kappa shape index (κ2) is 5.86. The molecule has 16 heavy (non-hydrogen) atoms. The highest BCUT2D eigenvalue weighted by atomic mass is 16.3. The summed E-state index contributed by atoms with van der Waals surface area (Å²) in [6.07, 6.45) is 11.6. The number of aliphatic hydroxyl groups excluding tert-OH is 1. The van der Waals surface area contributed by atoms with E-state index in [4.69, 9.17) is 0 Å². The normalized spacial score (nSPS) is 21.5. The number of aliphatic imine (C=N–C) groups is 1. The van der Waals surface area contributed by atoms with Crippen LogP contribution in [0, 0.1) is 0 Å². The summed E-state index contributed by atoms with van der Waals surface area (Å²) >= 11 is 0. The van der Waals surface area contributed by atoms with Gasteiger partial charge in [0.1, 0.15) is 5.71 Å². The first-order chi connectivity index (χ1) is 7.84. The van der Waals surface area contributed by atoms with Gasteiger partial charge in [0.05, 0.1) is 0 Å². The molecule has 2 aliphatic rings. The predicted octanol–water partition coefficient (Wildman–Crippen LogP) is 2.78. The van der Waals surface area contributed by atoms with Crippen molar-refractivity contribution in [2.45, 2.75) is 64.2 Å². The van der Waals surface area contributed by atoms with Gasteiger partial charge in [-0.15, -0.1) is 0 Å². The lowest BCUT2D eigenvalue weighted by Gasteiger charge is -2.06. The number of aliphatic hydroxyl groups is 1. The van der Waals surface area contributed by atoms with Crippen molar-refractivity contribution < 1.29 is 5.11 Å². The van der Waals surface area contributed by atoms with E-state index in [2.05, 4.69) is 9.66 Å². The molecule has 0 radical (unpaired) electrons. The molecule has 0 bridgehead atoms. The fourth-order valence-electron chi connectivity index (χ4n) is 2.45. The van der Waals surface area contributed by atoms with Crippen LogP contribution in [0.1, 0.15) is 64.2 Å². The van der Waals surface area contributed by atoms with Crippen LogP contribution < -0.4 is 4.67 Å². The fourth-order valence-corrected chi connectivity index (χ4v) is 2.45. The third kappa shape index (κ3) is 3.49. The highest BCUT2D eigenvalue weighted by Gasteiger charge is 2.17. The SMILES string of the molecule is OC(N=C1CCCCC1)=[N+]=C1CCCCC1. The average Bonchev–Trinajstić information content (AvgIpc) is 2.31. The summed E-state index contributed by atoms with van der Waals surface area (Å²) in [5.41, 5.74) is 2.26. The number of rotatable bonds is 0. The third-order valence-corrected chi connectivity index (χ3v) is 3.38. The van der Waals surface area contributed by atoms with E-state index in [1.807, 2.05) is 0 Å². The van der Waals surface area contributed by atoms with Gasteiger partial charge >= 0.3 is 6.02 Å². The van der Waals surface area contributed by atoms with Crippen molar-refractivity contribution in [3.8, 4) is 0 Å². The first-order valence-corrected chi connectivity index (χ1v) is 6.53. The van der Waals surface area contributed by atoms with Gasteiger partial charge in [-0.05, 0) is 25.7 Å². The molecule has 2 fully saturated rings. The molecule has 0 aromatic heterocycles. The Bertz CT molecular complexity index is 322. The third-order valence-electron chi connectivity index (χ3n) is 3.38. The Labute approximate surface area is 97.0 Å². The minimum Gasteiger partial charge on any atom is -0.431 e. The molecular formula is C13H21N2O+. The maximum atomic E-state index is 9.70. The standard InChI is InChI=1S/C13H20N2O/c16-13(14-11-7-3-1-4-8-11)15-12-9-5-2-6-10-12/h1-10H2/p+1. The second-order valence-corrected chi connectivity index (χ2v) is 4.78. The minimum atomic E-state index is -0.00574. The maximum Gasteiger partial charge on any atom is 0.594 e. The first kappa shape index (κ1) is 11.4. The molecule has 3 nitrogen and oxygen atoms in total. The fraction of sp³-hybridized carbons (Fsp3) is 0.769. The molecule has 0 aromatic carbocycles. The van der Waals surface area contributed by atoms with Crippen molar-refractivity contribution in [2.75, 3.05) is 0 Å². The lowest BCUT2D eigenvalue weighted by atomic mass is 9.98. The molecule has 2 rings (SSSR count). The Morgan fingerprint density at radius 3 is 2.06 bits per heavy atom. The van der Waals surface area contributed by atoms with Crippen LogP contribution in [-0.4, -0.2) is 22.6 Å². The Kier molecular flexibility index (Phi) is 4.17. The Balaban J connectivity index is 2.04. The van der Waals surface area contributed by atoms with Gasteiger partial charge in [0.15, 0.2) is 5.71 Å². The molecule has 0 atom stereocenters. The van der Waals surface area contributed by atoms with Gasteiger partial charge in [-0.3, -0.25) is 0 Å². The zero-order chi connectivity index (χ0) is 11.2. The molecular weight excluding hydrogens is 200 g/mol. The zero-order valence-electron chi connectivity index (χ0n) is 9.91. The molecule has 1 N–H and O–H groups in total. The van der Waals surface area contributed by atoms with E-state index in [9.17, 15) is 5.11 Å². The summed E-state index contributed by atoms with van der Waals surface area (Å²) in [5, 5.41) is 9.70. The van der Waals surface area contributed by atoms with Gasteiger partial charge in [0, 0.05) is 30.7 Å². The first-order valence-electron chi connectivity index (χ1n) is 6.53. The van der Waals surface area contributed by atoms with E-state index in [1.54, 1.807) is 0 Å². The summed E-state index contributed by atoms with van der Waals surface area (Å²) in [4.78, 5) is 4.23. The van der Waals surface area contributed by atoms with Crippen molar-refractivity contribution in [2.24, 2.45) is 4.99 Å². The molecule has 2 saturated carbocycles. The summed E-state index contributed by atoms with van der Waals surface area (Å²) in [6, 6.07) is -0.00574. The topological polar surface area (TPSA) is 46.7 Å². The highest BCUT2D eigenvalue weighted by molar-refractivity contribution is 5.96. The largest absolute Gasteiger partial charge is 0.594 e. The zero-order valence-corrected chi connectivity index (χ0v) is 9.91. The highest BCUT2D eigenvalue weighted by Crippen LogP contribution is 2.15. The molecule has 88 valence electrons. The van der Waals surface area contributed by atoms with Gasteiger partial charge in [-0.25, -0.2) is 0 Å². The van der Waals surface area contributed by atoms with Crippen LogP contribution in [0.15, 0.2) is 4.99 Å². The summed E-state index contributed by atoms with van der Waals surface area (Å²) in [6.45, 7) is 0. The maximum absolute atomic E-state index is 9.70. The second-order valence-electron chi connectivity index (χ2n) is 4.78. The predicted molar refractivity (Wildman–Crippen MR) is 68.4 cm³/mol. The molecule has 0 unspecified atom stereocenters. The smallest absolute Gasteiger partial charge is 0.431 e. The van der Waals surface area contributed by atoms with Crippen molar-refractivity contribution in [3.63, 3.8) is 0 Å². The van der Waals surface area contributed by atoms with Crippen molar-refractivity contribution >= 4 is 17.4 Å². The molecule has 0 aromatic rings. The van der Waals surface area contributed by atoms with Crippen LogP contribution in [0.2, 0.25) is 0 Å². The molecule has 3 heteroatoms. The Morgan fingerprint density at radius 2 is 1.44 bits per heavy atom. The minimum absolute atomic E-state index is 0.00574. The van der Waals surface area contributed by atoms with E-state index in [1.165, 1.54) is 38.5 Å². The van der Waals surface area contributed by atoms with E-state index in [-0.39, 0.29) is 6.02 Å². The lowest BCUT2D eigenvalue weighted by Crippen LogP contribution is -2.13. The lowest BCUT2D eigenvalue weighted by molar-refractivity contribution is 0.539. The van der Waals surface area contributed by atoms with Gasteiger partial charge in [-0.1, -0.05) is 12.8 Å². The van der Waals surface area contributed by atoms with Gasteiger partial charge in [0.25, 0.3) is 0 Å². The van der Waals surface area contributed by atoms with Gasteiger partial charge in [-0.2, -0.15) is 4.67 Å². The summed E-state index contributed by atoms with van der Waals surface area (Å²) in [5.74, 6) is 0. The Morgan fingerprint density at radius 1 is 0.875 bits per heavy atom. The molecule has 0 aliphatic heterocycles. The van der Waals surface area contributed by atoms with Crippen LogP contribution in [0.4, 0.5) is 0 Å². The van der Waals surface area contributed by atoms with Crippen molar-refractivity contribution in [1.82, 2.24) is 4.67 Å². The van der Waals surface area contributed by atoms with Crippen LogP contribution in [-0.2, 0) is 0 Å². The molecule has 0 heterocycles. The number of hydrogen-bond donors (Lipinski definition) is 1. The van der Waals surface area contributed by atoms with Crippen LogP contribution in [0.25, 0.3) is 0 Å². The average molecular weight is 221 g/mol. The molecule has 0 saturated heterocycles. The molecule has 0 amide bonds. The number of nitrogens with zero attached hydrogens (tertiary/aromatic N) is 2. The molecule has 0 spiro atoms. The summed E-state index contributed by atoms with van der Waals surface area (Å²) < 4.78 is 4.23.